The van der Waals surface area contributed by atoms with Crippen LogP contribution in [-0.2, 0) is 31.3 Å². The van der Waals surface area contributed by atoms with E-state index in [9.17, 15) is 18.9 Å². The summed E-state index contributed by atoms with van der Waals surface area (Å²) in [4.78, 5) is 0. The Morgan fingerprint density at radius 1 is 1.15 bits per heavy atom. The van der Waals surface area contributed by atoms with E-state index in [2.05, 4.69) is 26.6 Å². The van der Waals surface area contributed by atoms with E-state index in [4.69, 9.17) is 14.2 Å². The molecule has 0 unspecified atom stereocenters. The first-order chi connectivity index (χ1) is 19.1. The predicted octanol–water partition coefficient (Wildman–Crippen LogP) is 3.32. The Morgan fingerprint density at radius 2 is 1.88 bits per heavy atom. The average molecular weight is 567 g/mol. The third-order valence-corrected chi connectivity index (χ3v) is 7.88. The number of ether oxygens (including phenoxy) is 3. The number of hydrogen-bond acceptors (Lipinski definition) is 10. The molecule has 2 aromatic heterocycles. The molecule has 13 nitrogen and oxygen atoms in total. The first kappa shape index (κ1) is 29.9. The summed E-state index contributed by atoms with van der Waals surface area (Å²) in [5.74, 6) is 0.654. The molecule has 3 rings (SSSR count). The van der Waals surface area contributed by atoms with Crippen molar-refractivity contribution in [1.29, 1.82) is 10.5 Å². The van der Waals surface area contributed by atoms with E-state index in [0.29, 0.717) is 29.1 Å². The number of allylic oxidation sites excluding steroid dienone is 2. The summed E-state index contributed by atoms with van der Waals surface area (Å²) >= 11 is 0. The van der Waals surface area contributed by atoms with Gasteiger partial charge in [-0.3, -0.25) is 14.0 Å². The molecule has 0 saturated carbocycles. The van der Waals surface area contributed by atoms with Gasteiger partial charge in [-0.05, 0) is 30.7 Å². The minimum Gasteiger partial charge on any atom is -0.499 e. The Hall–Kier alpha value is -4.66. The number of benzene rings is 1. The molecule has 0 bridgehead atoms. The Kier molecular flexibility index (Phi) is 9.31. The van der Waals surface area contributed by atoms with Crippen LogP contribution in [0.1, 0.15) is 43.1 Å². The zero-order chi connectivity index (χ0) is 29.6. The van der Waals surface area contributed by atoms with Crippen molar-refractivity contribution < 1.29 is 22.6 Å². The van der Waals surface area contributed by atoms with Crippen molar-refractivity contribution in [3.8, 4) is 23.7 Å². The maximum atomic E-state index is 13.7. The van der Waals surface area contributed by atoms with Gasteiger partial charge < -0.3 is 14.2 Å². The van der Waals surface area contributed by atoms with Crippen LogP contribution in [0.25, 0.3) is 17.2 Å². The second kappa shape index (κ2) is 12.5. The number of nitrogens with one attached hydrogen (secondary N) is 1. The Labute approximate surface area is 233 Å². The fourth-order valence-electron chi connectivity index (χ4n) is 4.10. The first-order valence-corrected chi connectivity index (χ1v) is 13.6. The van der Waals surface area contributed by atoms with Crippen LogP contribution in [0.5, 0.6) is 0 Å². The van der Waals surface area contributed by atoms with E-state index in [0.717, 1.165) is 0 Å². The Bertz CT molecular complexity index is 1620. The monoisotopic (exact) mass is 566 g/mol. The number of rotatable bonds is 12. The first-order valence-electron chi connectivity index (χ1n) is 12.0. The molecule has 0 amide bonds. The van der Waals surface area contributed by atoms with Crippen LogP contribution < -0.4 is 4.72 Å². The highest BCUT2D eigenvalue weighted by atomic mass is 32.2. The standard InChI is InChI=1S/C26H30N8O5S/c1-8-22(38-6)23(16(2)37-5)34-25(21-11-12-33(4)31-21)29-30-26(34)32-40(35,36)17(3)24(39-7)20-10-9-18(14-27)13-19(20)15-28/h9-13,17,24H,2,8H2,1,3-7H3,(H,30,32)/b23-22-/t17-,24-/m1/s1. The molecule has 40 heavy (non-hydrogen) atoms. The molecule has 0 spiro atoms. The lowest BCUT2D eigenvalue weighted by atomic mass is 9.99. The van der Waals surface area contributed by atoms with E-state index in [1.165, 1.54) is 51.0 Å². The lowest BCUT2D eigenvalue weighted by molar-refractivity contribution is 0.102. The van der Waals surface area contributed by atoms with Crippen LogP contribution in [0.15, 0.2) is 48.6 Å². The van der Waals surface area contributed by atoms with Crippen molar-refractivity contribution in [3.63, 3.8) is 0 Å². The number of hydrogen-bond donors (Lipinski definition) is 1. The van der Waals surface area contributed by atoms with Gasteiger partial charge in [-0.15, -0.1) is 10.2 Å². The molecule has 0 fully saturated rings. The molecule has 2 atom stereocenters. The highest BCUT2D eigenvalue weighted by Crippen LogP contribution is 2.33. The third kappa shape index (κ3) is 5.83. The van der Waals surface area contributed by atoms with E-state index in [1.54, 1.807) is 24.0 Å². The van der Waals surface area contributed by atoms with E-state index in [1.807, 2.05) is 19.1 Å². The molecule has 1 aromatic carbocycles. The normalized spacial score (nSPS) is 13.4. The number of nitriles is 2. The topological polar surface area (TPSA) is 170 Å². The van der Waals surface area contributed by atoms with E-state index >= 15 is 0 Å². The smallest absolute Gasteiger partial charge is 0.243 e. The summed E-state index contributed by atoms with van der Waals surface area (Å²) in [6.07, 6.45) is 1.07. The summed E-state index contributed by atoms with van der Waals surface area (Å²) in [5.41, 5.74) is 1.42. The van der Waals surface area contributed by atoms with Crippen molar-refractivity contribution in [2.75, 3.05) is 26.1 Å². The minimum atomic E-state index is -4.24. The van der Waals surface area contributed by atoms with Crippen LogP contribution in [0.3, 0.4) is 0 Å². The maximum Gasteiger partial charge on any atom is 0.243 e. The third-order valence-electron chi connectivity index (χ3n) is 6.18. The van der Waals surface area contributed by atoms with Crippen LogP contribution in [0.2, 0.25) is 0 Å². The molecule has 210 valence electrons. The number of aromatic nitrogens is 5. The van der Waals surface area contributed by atoms with Gasteiger partial charge in [0.15, 0.2) is 5.82 Å². The summed E-state index contributed by atoms with van der Waals surface area (Å²) in [6, 6.07) is 10.1. The highest BCUT2D eigenvalue weighted by Gasteiger charge is 2.35. The number of anilines is 1. The SMILES string of the molecule is C=C(OC)/C(=C(\CC)OC)n1c(NS(=O)(=O)[C@H](C)[C@@H](OC)c2ccc(C#N)cc2C#N)nnc1-c1ccn(C)n1. The van der Waals surface area contributed by atoms with E-state index in [-0.39, 0.29) is 28.7 Å². The zero-order valence-corrected chi connectivity index (χ0v) is 23.9. The van der Waals surface area contributed by atoms with Gasteiger partial charge in [0.25, 0.3) is 0 Å². The molecule has 0 saturated heterocycles. The number of methoxy groups -OCH3 is 3. The summed E-state index contributed by atoms with van der Waals surface area (Å²) in [6.45, 7) is 7.25. The molecular weight excluding hydrogens is 536 g/mol. The van der Waals surface area contributed by atoms with Crippen LogP contribution in [-0.4, -0.2) is 59.5 Å². The minimum absolute atomic E-state index is 0.128. The quantitative estimate of drug-likeness (QED) is 0.253. The summed E-state index contributed by atoms with van der Waals surface area (Å²) < 4.78 is 49.5. The summed E-state index contributed by atoms with van der Waals surface area (Å²) in [5, 5.41) is 30.4. The molecule has 0 aliphatic rings. The average Bonchev–Trinajstić information content (AvgIpc) is 3.56. The molecule has 0 aliphatic carbocycles. The number of sulfonamides is 1. The van der Waals surface area contributed by atoms with Crippen molar-refractivity contribution in [3.05, 3.63) is 65.2 Å². The van der Waals surface area contributed by atoms with Crippen LogP contribution in [0, 0.1) is 22.7 Å². The van der Waals surface area contributed by atoms with Crippen molar-refractivity contribution in [2.45, 2.75) is 31.6 Å². The lowest BCUT2D eigenvalue weighted by Crippen LogP contribution is -2.33. The largest absolute Gasteiger partial charge is 0.499 e. The van der Waals surface area contributed by atoms with Gasteiger partial charge in [-0.2, -0.15) is 15.6 Å². The lowest BCUT2D eigenvalue weighted by Gasteiger charge is -2.25. The second-order valence-corrected chi connectivity index (χ2v) is 10.6. The highest BCUT2D eigenvalue weighted by molar-refractivity contribution is 7.93. The molecule has 0 radical (unpaired) electrons. The van der Waals surface area contributed by atoms with Gasteiger partial charge >= 0.3 is 0 Å². The van der Waals surface area contributed by atoms with Crippen LogP contribution in [0.4, 0.5) is 5.95 Å². The molecule has 0 aliphatic heterocycles. The number of aryl methyl sites for hydroxylation is 1. The van der Waals surface area contributed by atoms with Crippen molar-refractivity contribution >= 4 is 21.7 Å². The Morgan fingerprint density at radius 3 is 2.40 bits per heavy atom. The predicted molar refractivity (Wildman–Crippen MR) is 147 cm³/mol. The molecule has 1 N–H and O–H groups in total. The van der Waals surface area contributed by atoms with Gasteiger partial charge in [0.1, 0.15) is 34.3 Å². The van der Waals surface area contributed by atoms with Gasteiger partial charge in [0, 0.05) is 26.8 Å². The van der Waals surface area contributed by atoms with E-state index < -0.39 is 21.4 Å². The van der Waals surface area contributed by atoms with Gasteiger partial charge in [0.2, 0.25) is 16.0 Å². The summed E-state index contributed by atoms with van der Waals surface area (Å²) in [7, 11) is 1.74. The van der Waals surface area contributed by atoms with Gasteiger partial charge in [0.05, 0.1) is 37.5 Å². The van der Waals surface area contributed by atoms with Crippen molar-refractivity contribution in [2.24, 2.45) is 7.05 Å². The molecule has 14 heteroatoms. The molecule has 3 aromatic rings. The molecule has 2 heterocycles. The van der Waals surface area contributed by atoms with Crippen molar-refractivity contribution in [1.82, 2.24) is 24.5 Å². The Balaban J connectivity index is 2.17. The van der Waals surface area contributed by atoms with Crippen LogP contribution >= 0.6 is 0 Å². The van der Waals surface area contributed by atoms with Gasteiger partial charge in [-0.1, -0.05) is 19.6 Å². The molecular formula is C26H30N8O5S. The maximum absolute atomic E-state index is 13.7. The second-order valence-electron chi connectivity index (χ2n) is 8.55. The number of nitrogens with zero attached hydrogens (tertiary/aromatic N) is 7. The van der Waals surface area contributed by atoms with Gasteiger partial charge in [-0.25, -0.2) is 8.42 Å². The fourth-order valence-corrected chi connectivity index (χ4v) is 5.25. The fraction of sp³-hybridized carbons (Fsp3) is 0.346. The zero-order valence-electron chi connectivity index (χ0n) is 23.0.